The normalized spacial score (nSPS) is 12.1. The molecule has 1 amide bonds. The van der Waals surface area contributed by atoms with Gasteiger partial charge in [-0.1, -0.05) is 12.1 Å². The number of carbonyl (C=O) groups is 2. The lowest BCUT2D eigenvalue weighted by Gasteiger charge is -2.02. The van der Waals surface area contributed by atoms with Crippen molar-refractivity contribution < 1.29 is 23.8 Å². The number of nitrogens with one attached hydrogen (secondary N) is 1. The fourth-order valence-electron chi connectivity index (χ4n) is 2.03. The Kier molecular flexibility index (Phi) is 7.72. The zero-order valence-electron chi connectivity index (χ0n) is 15.8. The number of halogens is 1. The fraction of sp³-hybridized carbons (Fsp3) is 0.150. The van der Waals surface area contributed by atoms with E-state index in [1.807, 2.05) is 0 Å². The van der Waals surface area contributed by atoms with Crippen LogP contribution in [0.1, 0.15) is 29.8 Å². The highest BCUT2D eigenvalue weighted by Gasteiger charge is 2.14. The lowest BCUT2D eigenvalue weighted by Crippen LogP contribution is -2.17. The second kappa shape index (κ2) is 10.5. The third-order valence-corrected chi connectivity index (χ3v) is 3.46. The van der Waals surface area contributed by atoms with E-state index in [2.05, 4.69) is 20.8 Å². The van der Waals surface area contributed by atoms with Crippen LogP contribution in [0.2, 0.25) is 0 Å². The number of ether oxygens (including phenoxy) is 1. The summed E-state index contributed by atoms with van der Waals surface area (Å²) in [6.45, 7) is 3.07. The molecule has 0 aliphatic carbocycles. The predicted octanol–water partition coefficient (Wildman–Crippen LogP) is 4.03. The standard InChI is InChI=1S/C20H19FN4O4/c1-3-29-20(28)18(13(2)26)24-23-17-10-6-15(7-11-17)19(27)25-22-12-14-4-8-16(21)9-5-14/h4-12,26H,3H2,1-2H3,(H,25,27)/b18-13-,22-12-,24-23?. The smallest absolute Gasteiger partial charge is 0.362 e. The summed E-state index contributed by atoms with van der Waals surface area (Å²) < 4.78 is 17.6. The molecule has 0 saturated carbocycles. The van der Waals surface area contributed by atoms with Gasteiger partial charge in [0.25, 0.3) is 5.91 Å². The molecule has 0 unspecified atom stereocenters. The quantitative estimate of drug-likeness (QED) is 0.183. The molecule has 29 heavy (non-hydrogen) atoms. The van der Waals surface area contributed by atoms with Crippen molar-refractivity contribution in [2.24, 2.45) is 15.3 Å². The maximum atomic E-state index is 12.8. The molecule has 0 saturated heterocycles. The van der Waals surface area contributed by atoms with Gasteiger partial charge in [-0.25, -0.2) is 14.6 Å². The van der Waals surface area contributed by atoms with Crippen LogP contribution in [0.4, 0.5) is 10.1 Å². The summed E-state index contributed by atoms with van der Waals surface area (Å²) in [6, 6.07) is 11.6. The first kappa shape index (κ1) is 21.4. The van der Waals surface area contributed by atoms with Crippen LogP contribution < -0.4 is 5.43 Å². The average molecular weight is 398 g/mol. The highest BCUT2D eigenvalue weighted by molar-refractivity contribution is 5.95. The Hall–Kier alpha value is -3.88. The van der Waals surface area contributed by atoms with Gasteiger partial charge in [0.1, 0.15) is 11.6 Å². The number of nitrogens with zero attached hydrogens (tertiary/aromatic N) is 3. The van der Waals surface area contributed by atoms with Gasteiger partial charge >= 0.3 is 5.97 Å². The fourth-order valence-corrected chi connectivity index (χ4v) is 2.03. The summed E-state index contributed by atoms with van der Waals surface area (Å²) >= 11 is 0. The Morgan fingerprint density at radius 2 is 1.79 bits per heavy atom. The van der Waals surface area contributed by atoms with Crippen molar-refractivity contribution in [2.45, 2.75) is 13.8 Å². The number of allylic oxidation sites excluding steroid dienone is 1. The molecule has 0 aromatic heterocycles. The van der Waals surface area contributed by atoms with E-state index >= 15 is 0 Å². The maximum Gasteiger partial charge on any atom is 0.362 e. The first-order chi connectivity index (χ1) is 13.9. The van der Waals surface area contributed by atoms with Gasteiger partial charge in [-0.15, -0.1) is 5.11 Å². The van der Waals surface area contributed by atoms with Gasteiger partial charge in [0.05, 0.1) is 18.5 Å². The van der Waals surface area contributed by atoms with Crippen molar-refractivity contribution in [1.29, 1.82) is 0 Å². The average Bonchev–Trinajstić information content (AvgIpc) is 2.70. The highest BCUT2D eigenvalue weighted by Crippen LogP contribution is 2.16. The van der Waals surface area contributed by atoms with Crippen LogP contribution in [-0.4, -0.2) is 29.8 Å². The summed E-state index contributed by atoms with van der Waals surface area (Å²) in [5.74, 6) is -1.92. The molecular weight excluding hydrogens is 379 g/mol. The lowest BCUT2D eigenvalue weighted by molar-refractivity contribution is -0.138. The Bertz CT molecular complexity index is 947. The van der Waals surface area contributed by atoms with Crippen molar-refractivity contribution >= 4 is 23.8 Å². The second-order valence-corrected chi connectivity index (χ2v) is 5.65. The lowest BCUT2D eigenvalue weighted by atomic mass is 10.2. The van der Waals surface area contributed by atoms with E-state index < -0.39 is 11.9 Å². The zero-order valence-corrected chi connectivity index (χ0v) is 15.8. The molecule has 0 heterocycles. The molecule has 0 atom stereocenters. The van der Waals surface area contributed by atoms with Crippen molar-refractivity contribution in [3.8, 4) is 0 Å². The van der Waals surface area contributed by atoms with E-state index in [0.29, 0.717) is 16.8 Å². The molecule has 2 rings (SSSR count). The number of rotatable bonds is 7. The van der Waals surface area contributed by atoms with Crippen LogP contribution in [0.25, 0.3) is 0 Å². The number of hydrogen-bond donors (Lipinski definition) is 2. The Morgan fingerprint density at radius 3 is 2.38 bits per heavy atom. The molecule has 0 spiro atoms. The summed E-state index contributed by atoms with van der Waals surface area (Å²) in [4.78, 5) is 23.8. The molecule has 2 N–H and O–H groups in total. The van der Waals surface area contributed by atoms with Gasteiger partial charge in [0.15, 0.2) is 0 Å². The minimum absolute atomic E-state index is 0.137. The largest absolute Gasteiger partial charge is 0.510 e. The summed E-state index contributed by atoms with van der Waals surface area (Å²) in [6.07, 6.45) is 1.39. The van der Waals surface area contributed by atoms with Gasteiger partial charge < -0.3 is 9.84 Å². The van der Waals surface area contributed by atoms with Gasteiger partial charge in [-0.2, -0.15) is 10.2 Å². The van der Waals surface area contributed by atoms with Crippen molar-refractivity contribution in [3.05, 3.63) is 76.9 Å². The number of hydrogen-bond acceptors (Lipinski definition) is 7. The molecule has 2 aromatic rings. The molecule has 0 bridgehead atoms. The minimum Gasteiger partial charge on any atom is -0.510 e. The Balaban J connectivity index is 2.00. The molecule has 0 aliphatic rings. The van der Waals surface area contributed by atoms with E-state index in [1.54, 1.807) is 6.92 Å². The molecule has 0 radical (unpaired) electrons. The van der Waals surface area contributed by atoms with Crippen LogP contribution >= 0.6 is 0 Å². The second-order valence-electron chi connectivity index (χ2n) is 5.65. The number of aliphatic hydroxyl groups excluding tert-OH is 1. The number of azo groups is 1. The number of carbonyl (C=O) groups excluding carboxylic acids is 2. The van der Waals surface area contributed by atoms with Crippen LogP contribution in [0, 0.1) is 5.82 Å². The Labute approximate surface area is 166 Å². The minimum atomic E-state index is -0.786. The van der Waals surface area contributed by atoms with Crippen molar-refractivity contribution in [1.82, 2.24) is 5.43 Å². The maximum absolute atomic E-state index is 12.8. The van der Waals surface area contributed by atoms with Crippen molar-refractivity contribution in [2.75, 3.05) is 6.61 Å². The zero-order chi connectivity index (χ0) is 21.2. The molecule has 150 valence electrons. The summed E-state index contributed by atoms with van der Waals surface area (Å²) in [7, 11) is 0. The van der Waals surface area contributed by atoms with Crippen molar-refractivity contribution in [3.63, 3.8) is 0 Å². The van der Waals surface area contributed by atoms with Gasteiger partial charge in [-0.3, -0.25) is 4.79 Å². The highest BCUT2D eigenvalue weighted by atomic mass is 19.1. The summed E-state index contributed by atoms with van der Waals surface area (Å²) in [5.41, 5.74) is 3.37. The van der Waals surface area contributed by atoms with E-state index in [9.17, 15) is 19.1 Å². The van der Waals surface area contributed by atoms with Crippen LogP contribution in [-0.2, 0) is 9.53 Å². The topological polar surface area (TPSA) is 113 Å². The molecule has 8 nitrogen and oxygen atoms in total. The molecular formula is C20H19FN4O4. The third kappa shape index (κ3) is 6.65. The number of esters is 1. The van der Waals surface area contributed by atoms with E-state index in [4.69, 9.17) is 4.74 Å². The van der Waals surface area contributed by atoms with Crippen LogP contribution in [0.15, 0.2) is 75.3 Å². The molecule has 9 heteroatoms. The van der Waals surface area contributed by atoms with Gasteiger partial charge in [0, 0.05) is 5.56 Å². The summed E-state index contributed by atoms with van der Waals surface area (Å²) in [5, 5.41) is 20.9. The predicted molar refractivity (Wildman–Crippen MR) is 104 cm³/mol. The van der Waals surface area contributed by atoms with E-state index in [0.717, 1.165) is 0 Å². The van der Waals surface area contributed by atoms with Crippen LogP contribution in [0.3, 0.4) is 0 Å². The third-order valence-electron chi connectivity index (χ3n) is 3.46. The van der Waals surface area contributed by atoms with Crippen LogP contribution in [0.5, 0.6) is 0 Å². The Morgan fingerprint density at radius 1 is 1.14 bits per heavy atom. The number of benzene rings is 2. The number of amides is 1. The SMILES string of the molecule is CCOC(=O)/C(N=Nc1ccc(C(=O)N/N=C\c2ccc(F)cc2)cc1)=C(\C)O. The first-order valence-electron chi connectivity index (χ1n) is 8.58. The van der Waals surface area contributed by atoms with E-state index in [-0.39, 0.29) is 23.9 Å². The first-order valence-corrected chi connectivity index (χ1v) is 8.58. The number of hydrazone groups is 1. The number of aliphatic hydroxyl groups is 1. The monoisotopic (exact) mass is 398 g/mol. The molecule has 2 aromatic carbocycles. The van der Waals surface area contributed by atoms with Gasteiger partial charge in [-0.05, 0) is 55.8 Å². The van der Waals surface area contributed by atoms with Gasteiger partial charge in [0.2, 0.25) is 5.70 Å². The molecule has 0 fully saturated rings. The van der Waals surface area contributed by atoms with E-state index in [1.165, 1.54) is 61.7 Å². The molecule has 0 aliphatic heterocycles.